The number of halogens is 1. The third kappa shape index (κ3) is 4.73. The Balaban J connectivity index is 2.86. The maximum Gasteiger partial charge on any atom is 0.341 e. The maximum atomic E-state index is 11.0. The number of aliphatic carboxylic acids is 1. The molecule has 1 aromatic rings. The number of rotatable bonds is 7. The highest BCUT2D eigenvalue weighted by Gasteiger charge is 2.17. The van der Waals surface area contributed by atoms with Crippen LogP contribution in [0.25, 0.3) is 0 Å². The molecule has 0 aromatic heterocycles. The van der Waals surface area contributed by atoms with Crippen molar-refractivity contribution in [3.05, 3.63) is 33.9 Å². The largest absolute Gasteiger partial charge is 0.479 e. The number of hydrogen-bond acceptors (Lipinski definition) is 5. The van der Waals surface area contributed by atoms with Crippen molar-refractivity contribution in [2.45, 2.75) is 6.54 Å². The van der Waals surface area contributed by atoms with E-state index in [0.29, 0.717) is 5.56 Å². The zero-order chi connectivity index (χ0) is 15.1. The Kier molecular flexibility index (Phi) is 5.73. The fourth-order valence-electron chi connectivity index (χ4n) is 1.33. The van der Waals surface area contributed by atoms with Gasteiger partial charge in [0.15, 0.2) is 12.4 Å². The zero-order valence-electron chi connectivity index (χ0n) is 10.2. The third-order valence-electron chi connectivity index (χ3n) is 2.18. The first-order valence-corrected chi connectivity index (χ1v) is 5.92. The van der Waals surface area contributed by atoms with E-state index < -0.39 is 23.4 Å². The first-order chi connectivity index (χ1) is 9.43. The highest BCUT2D eigenvalue weighted by molar-refractivity contribution is 6.27. The van der Waals surface area contributed by atoms with Crippen LogP contribution in [0.5, 0.6) is 5.75 Å². The van der Waals surface area contributed by atoms with Crippen LogP contribution in [0.4, 0.5) is 5.69 Å². The van der Waals surface area contributed by atoms with Crippen molar-refractivity contribution >= 4 is 29.2 Å². The van der Waals surface area contributed by atoms with Gasteiger partial charge >= 0.3 is 11.7 Å². The average molecular weight is 303 g/mol. The number of carboxylic acids is 1. The number of nitro benzene ring substituents is 1. The molecule has 9 heteroatoms. The summed E-state index contributed by atoms with van der Waals surface area (Å²) in [6.45, 7) is -0.602. The molecule has 0 radical (unpaired) electrons. The van der Waals surface area contributed by atoms with E-state index in [4.69, 9.17) is 21.4 Å². The van der Waals surface area contributed by atoms with Gasteiger partial charge in [0.05, 0.1) is 4.92 Å². The van der Waals surface area contributed by atoms with Crippen molar-refractivity contribution in [2.75, 3.05) is 12.5 Å². The molecule has 0 saturated heterocycles. The monoisotopic (exact) mass is 302 g/mol. The van der Waals surface area contributed by atoms with E-state index in [-0.39, 0.29) is 23.9 Å². The molecule has 20 heavy (non-hydrogen) atoms. The number of nitrogens with zero attached hydrogens (tertiary/aromatic N) is 1. The summed E-state index contributed by atoms with van der Waals surface area (Å²) in [6.07, 6.45) is 0. The molecular formula is C11H11ClN2O6. The van der Waals surface area contributed by atoms with Crippen molar-refractivity contribution in [2.24, 2.45) is 0 Å². The quantitative estimate of drug-likeness (QED) is 0.439. The molecule has 1 aromatic carbocycles. The normalized spacial score (nSPS) is 9.85. The van der Waals surface area contributed by atoms with E-state index in [9.17, 15) is 19.7 Å². The lowest BCUT2D eigenvalue weighted by atomic mass is 10.2. The molecule has 0 saturated carbocycles. The Morgan fingerprint density at radius 1 is 1.45 bits per heavy atom. The molecule has 1 amide bonds. The fraction of sp³-hybridized carbons (Fsp3) is 0.273. The predicted molar refractivity (Wildman–Crippen MR) is 68.8 cm³/mol. The number of alkyl halides is 1. The molecule has 0 heterocycles. The van der Waals surface area contributed by atoms with Crippen LogP contribution in [0.2, 0.25) is 0 Å². The maximum absolute atomic E-state index is 11.0. The molecule has 2 N–H and O–H groups in total. The van der Waals surface area contributed by atoms with Gasteiger partial charge in [-0.1, -0.05) is 6.07 Å². The molecule has 0 atom stereocenters. The van der Waals surface area contributed by atoms with Crippen molar-refractivity contribution in [1.82, 2.24) is 5.32 Å². The highest BCUT2D eigenvalue weighted by atomic mass is 35.5. The standard InChI is InChI=1S/C11H11ClN2O6/c12-4-10(15)13-5-7-1-2-9(20-6-11(16)17)8(3-7)14(18)19/h1-3H,4-6H2,(H,13,15)(H,16,17). The van der Waals surface area contributed by atoms with Crippen LogP contribution in [0.3, 0.4) is 0 Å². The van der Waals surface area contributed by atoms with Crippen LogP contribution in [-0.4, -0.2) is 34.4 Å². The molecule has 108 valence electrons. The minimum atomic E-state index is -1.24. The Labute approximate surface area is 118 Å². The fourth-order valence-corrected chi connectivity index (χ4v) is 1.42. The molecule has 0 aliphatic heterocycles. The van der Waals surface area contributed by atoms with E-state index in [1.54, 1.807) is 0 Å². The van der Waals surface area contributed by atoms with Gasteiger partial charge in [-0.05, 0) is 11.6 Å². The lowest BCUT2D eigenvalue weighted by Crippen LogP contribution is -2.23. The first-order valence-electron chi connectivity index (χ1n) is 5.38. The lowest BCUT2D eigenvalue weighted by Gasteiger charge is -2.07. The van der Waals surface area contributed by atoms with Gasteiger partial charge < -0.3 is 15.2 Å². The molecule has 0 aliphatic carbocycles. The van der Waals surface area contributed by atoms with Gasteiger partial charge in [-0.15, -0.1) is 11.6 Å². The SMILES string of the molecule is O=C(O)COc1ccc(CNC(=O)CCl)cc1[N+](=O)[O-]. The molecule has 0 bridgehead atoms. The first kappa shape index (κ1) is 15.7. The summed E-state index contributed by atoms with van der Waals surface area (Å²) in [7, 11) is 0. The lowest BCUT2D eigenvalue weighted by molar-refractivity contribution is -0.385. The molecule has 1 rings (SSSR count). The number of carbonyl (C=O) groups excluding carboxylic acids is 1. The smallest absolute Gasteiger partial charge is 0.341 e. The highest BCUT2D eigenvalue weighted by Crippen LogP contribution is 2.27. The minimum absolute atomic E-state index is 0.0750. The Morgan fingerprint density at radius 3 is 2.70 bits per heavy atom. The molecule has 0 fully saturated rings. The third-order valence-corrected chi connectivity index (χ3v) is 2.42. The molecule has 0 unspecified atom stereocenters. The second-order valence-electron chi connectivity index (χ2n) is 3.65. The van der Waals surface area contributed by atoms with E-state index in [0.717, 1.165) is 0 Å². The average Bonchev–Trinajstić information content (AvgIpc) is 2.42. The molecule has 8 nitrogen and oxygen atoms in total. The zero-order valence-corrected chi connectivity index (χ0v) is 10.9. The van der Waals surface area contributed by atoms with Gasteiger partial charge in [-0.25, -0.2) is 4.79 Å². The summed E-state index contributed by atoms with van der Waals surface area (Å²) in [5.74, 6) is -2.00. The summed E-state index contributed by atoms with van der Waals surface area (Å²) in [5, 5.41) is 21.8. The van der Waals surface area contributed by atoms with Gasteiger partial charge in [-0.2, -0.15) is 0 Å². The van der Waals surface area contributed by atoms with Gasteiger partial charge in [-0.3, -0.25) is 14.9 Å². The van der Waals surface area contributed by atoms with E-state index in [1.165, 1.54) is 18.2 Å². The van der Waals surface area contributed by atoms with E-state index in [1.807, 2.05) is 0 Å². The summed E-state index contributed by atoms with van der Waals surface area (Å²) in [4.78, 5) is 31.6. The number of benzene rings is 1. The van der Waals surface area contributed by atoms with Gasteiger partial charge in [0.25, 0.3) is 0 Å². The van der Waals surface area contributed by atoms with Gasteiger partial charge in [0.1, 0.15) is 5.88 Å². The van der Waals surface area contributed by atoms with Crippen molar-refractivity contribution in [3.63, 3.8) is 0 Å². The van der Waals surface area contributed by atoms with Crippen LogP contribution in [0.15, 0.2) is 18.2 Å². The van der Waals surface area contributed by atoms with Crippen molar-refractivity contribution < 1.29 is 24.4 Å². The number of nitrogens with one attached hydrogen (secondary N) is 1. The second kappa shape index (κ2) is 7.29. The number of amides is 1. The summed E-state index contributed by atoms with van der Waals surface area (Å²) in [6, 6.07) is 3.97. The van der Waals surface area contributed by atoms with Crippen LogP contribution in [-0.2, 0) is 16.1 Å². The van der Waals surface area contributed by atoms with Crippen LogP contribution >= 0.6 is 11.6 Å². The van der Waals surface area contributed by atoms with Gasteiger partial charge in [0, 0.05) is 12.6 Å². The topological polar surface area (TPSA) is 119 Å². The summed E-state index contributed by atoms with van der Waals surface area (Å²) >= 11 is 5.30. The van der Waals surface area contributed by atoms with E-state index in [2.05, 4.69) is 5.32 Å². The minimum Gasteiger partial charge on any atom is -0.479 e. The number of carboxylic acid groups (broad SMARTS) is 1. The van der Waals surface area contributed by atoms with Crippen LogP contribution in [0, 0.1) is 10.1 Å². The number of ether oxygens (including phenoxy) is 1. The Hall–Kier alpha value is -2.35. The molecular weight excluding hydrogens is 292 g/mol. The van der Waals surface area contributed by atoms with E-state index >= 15 is 0 Å². The van der Waals surface area contributed by atoms with Crippen molar-refractivity contribution in [3.8, 4) is 5.75 Å². The Bertz CT molecular complexity index is 534. The van der Waals surface area contributed by atoms with Gasteiger partial charge in [0.2, 0.25) is 5.91 Å². The summed E-state index contributed by atoms with van der Waals surface area (Å²) in [5.41, 5.74) is 0.0988. The van der Waals surface area contributed by atoms with Crippen LogP contribution < -0.4 is 10.1 Å². The summed E-state index contributed by atoms with van der Waals surface area (Å²) < 4.78 is 4.81. The second-order valence-corrected chi connectivity index (χ2v) is 3.92. The Morgan fingerprint density at radius 2 is 2.15 bits per heavy atom. The van der Waals surface area contributed by atoms with Crippen LogP contribution in [0.1, 0.15) is 5.56 Å². The molecule has 0 spiro atoms. The number of hydrogen-bond donors (Lipinski definition) is 2. The van der Waals surface area contributed by atoms with Crippen molar-refractivity contribution in [1.29, 1.82) is 0 Å². The number of nitro groups is 1. The number of carbonyl (C=O) groups is 2. The molecule has 0 aliphatic rings. The predicted octanol–water partition coefficient (Wildman–Crippen LogP) is 0.913.